The molecule has 17 heteroatoms. The molecule has 1 unspecified atom stereocenters. The molecule has 13 nitrogen and oxygen atoms in total. The van der Waals surface area contributed by atoms with Gasteiger partial charge in [0.25, 0.3) is 6.43 Å². The number of benzene rings is 1. The van der Waals surface area contributed by atoms with Crippen LogP contribution in [0.25, 0.3) is 11.1 Å². The number of carbonyl (C=O) groups excluding carboxylic acids is 1. The van der Waals surface area contributed by atoms with E-state index in [1.807, 2.05) is 15.9 Å². The maximum Gasteiger partial charge on any atom is 0.356 e. The van der Waals surface area contributed by atoms with Crippen LogP contribution >= 0.6 is 0 Å². The lowest BCUT2D eigenvalue weighted by Gasteiger charge is -2.42. The molecule has 4 aliphatic heterocycles. The van der Waals surface area contributed by atoms with Gasteiger partial charge >= 0.3 is 12.0 Å². The highest BCUT2D eigenvalue weighted by Crippen LogP contribution is 2.45. The fourth-order valence-electron chi connectivity index (χ4n) is 8.76. The maximum atomic E-state index is 16.1. The predicted octanol–water partition coefficient (Wildman–Crippen LogP) is 5.84. The number of aryl methyl sites for hydroxylation is 2. The van der Waals surface area contributed by atoms with Crippen LogP contribution in [-0.4, -0.2) is 102 Å². The Morgan fingerprint density at radius 2 is 1.82 bits per heavy atom. The number of likely N-dealkylation sites (tertiary alicyclic amines) is 1. The largest absolute Gasteiger partial charge is 0.476 e. The van der Waals surface area contributed by atoms with Crippen molar-refractivity contribution < 1.29 is 32.3 Å². The van der Waals surface area contributed by atoms with Gasteiger partial charge in [-0.2, -0.15) is 19.0 Å². The number of carboxylic acids is 1. The van der Waals surface area contributed by atoms with Gasteiger partial charge in [0, 0.05) is 100 Å². The van der Waals surface area contributed by atoms with E-state index >= 15 is 8.78 Å². The lowest BCUT2D eigenvalue weighted by molar-refractivity contribution is -0.183. The number of nitrogens with zero attached hydrogens (tertiary/aromatic N) is 10. The van der Waals surface area contributed by atoms with E-state index in [1.54, 1.807) is 39.8 Å². The molecule has 2 fully saturated rings. The number of rotatable bonds is 8. The molecule has 1 atom stereocenters. The van der Waals surface area contributed by atoms with Gasteiger partial charge in [0.2, 0.25) is 5.91 Å². The summed E-state index contributed by atoms with van der Waals surface area (Å²) in [4.78, 5) is 30.7. The number of carboxylic acid groups (broad SMARTS) is 1. The number of anilines is 3. The lowest BCUT2D eigenvalue weighted by Crippen LogP contribution is -2.51. The van der Waals surface area contributed by atoms with E-state index in [2.05, 4.69) is 15.3 Å². The first-order chi connectivity index (χ1) is 26.4. The average molecular weight is 765 g/mol. The van der Waals surface area contributed by atoms with Crippen LogP contribution in [0.2, 0.25) is 0 Å². The molecule has 7 heterocycles. The third-order valence-corrected chi connectivity index (χ3v) is 11.7. The Kier molecular flexibility index (Phi) is 9.76. The summed E-state index contributed by atoms with van der Waals surface area (Å²) in [6.07, 6.45) is 3.86. The molecule has 55 heavy (non-hydrogen) atoms. The molecule has 0 aliphatic carbocycles. The highest BCUT2D eigenvalue weighted by molar-refractivity contribution is 5.85. The third-order valence-electron chi connectivity index (χ3n) is 11.7. The lowest BCUT2D eigenvalue weighted by atomic mass is 9.92. The minimum atomic E-state index is -3.08. The van der Waals surface area contributed by atoms with Crippen LogP contribution in [0.4, 0.5) is 34.9 Å². The van der Waals surface area contributed by atoms with E-state index in [0.717, 1.165) is 23.2 Å². The van der Waals surface area contributed by atoms with Crippen molar-refractivity contribution in [1.29, 1.82) is 0 Å². The molecule has 0 saturated carbocycles. The molecule has 0 spiro atoms. The van der Waals surface area contributed by atoms with Crippen molar-refractivity contribution in [3.05, 3.63) is 64.7 Å². The third kappa shape index (κ3) is 7.13. The Morgan fingerprint density at radius 3 is 2.47 bits per heavy atom. The molecule has 1 aromatic carbocycles. The molecule has 3 aromatic heterocycles. The van der Waals surface area contributed by atoms with Gasteiger partial charge in [0.05, 0.1) is 18.8 Å². The Labute approximate surface area is 315 Å². The number of carbonyl (C=O) groups is 2. The fourth-order valence-corrected chi connectivity index (χ4v) is 8.76. The molecule has 8 rings (SSSR count). The van der Waals surface area contributed by atoms with Gasteiger partial charge in [-0.05, 0) is 73.4 Å². The normalized spacial score (nSPS) is 20.5. The fraction of sp³-hybridized carbons (Fsp3) is 0.526. The molecule has 0 radical (unpaired) electrons. The average Bonchev–Trinajstić information content (AvgIpc) is 3.78. The zero-order valence-corrected chi connectivity index (χ0v) is 30.8. The summed E-state index contributed by atoms with van der Waals surface area (Å²) < 4.78 is 64.9. The molecule has 0 bridgehead atoms. The van der Waals surface area contributed by atoms with Crippen LogP contribution in [-0.2, 0) is 31.2 Å². The standard InChI is InChI=1S/C38H44F4N10O3/c1-23(53)49-14-10-32-30(22-49)36(51-11-3-4-25-16-28(26-19-43-47(2)21-26)29(35(39)40)17-33(25)51)46-52(32)27-9-15-50(38(41,42)18-27)20-24-7-12-48(13-8-24)34-6-5-31(37(54)55)44-45-34/h5-6,16-17,19,21,24,27,35H,3-4,7-15,18,20,22H2,1-2H3,(H,54,55). The maximum absolute atomic E-state index is 16.1. The molecule has 1 N–H and O–H groups in total. The molecule has 4 aliphatic rings. The van der Waals surface area contributed by atoms with Crippen LogP contribution in [0.3, 0.4) is 0 Å². The molecule has 1 amide bonds. The first-order valence-electron chi connectivity index (χ1n) is 18.9. The van der Waals surface area contributed by atoms with E-state index in [4.69, 9.17) is 10.2 Å². The van der Waals surface area contributed by atoms with Crippen molar-refractivity contribution >= 4 is 29.2 Å². The molecule has 292 valence electrons. The number of hydrogen-bond donors (Lipinski definition) is 1. The zero-order chi connectivity index (χ0) is 38.6. The Balaban J connectivity index is 1.03. The van der Waals surface area contributed by atoms with Crippen LogP contribution in [0.15, 0.2) is 36.7 Å². The van der Waals surface area contributed by atoms with E-state index in [0.29, 0.717) is 86.7 Å². The van der Waals surface area contributed by atoms with Crippen molar-refractivity contribution in [1.82, 2.24) is 39.6 Å². The van der Waals surface area contributed by atoms with Crippen LogP contribution in [0.5, 0.6) is 0 Å². The van der Waals surface area contributed by atoms with E-state index < -0.39 is 30.9 Å². The second-order valence-electron chi connectivity index (χ2n) is 15.2. The first kappa shape index (κ1) is 36.9. The number of aromatic carboxylic acids is 1. The van der Waals surface area contributed by atoms with Gasteiger partial charge in [-0.1, -0.05) is 0 Å². The summed E-state index contributed by atoms with van der Waals surface area (Å²) in [7, 11) is 1.74. The molecular formula is C38H44F4N10O3. The van der Waals surface area contributed by atoms with Crippen LogP contribution in [0, 0.1) is 5.92 Å². The molecule has 2 saturated heterocycles. The monoisotopic (exact) mass is 764 g/mol. The SMILES string of the molecule is CC(=O)N1CCc2c(c(N3CCCc4cc(-c5cnn(C)c5)c(C(F)F)cc43)nn2C2CCN(CC3CCN(c4ccc(C(=O)O)nn4)CC3)C(F)(F)C2)C1. The van der Waals surface area contributed by atoms with Crippen LogP contribution < -0.4 is 9.80 Å². The van der Waals surface area contributed by atoms with Crippen molar-refractivity contribution in [2.75, 3.05) is 49.1 Å². The summed E-state index contributed by atoms with van der Waals surface area (Å²) in [6, 6.07) is 2.73. The quantitative estimate of drug-likeness (QED) is 0.173. The van der Waals surface area contributed by atoms with Gasteiger partial charge < -0.3 is 19.8 Å². The summed E-state index contributed by atoms with van der Waals surface area (Å²) in [6.45, 7) is 4.39. The summed E-state index contributed by atoms with van der Waals surface area (Å²) >= 11 is 0. The van der Waals surface area contributed by atoms with Gasteiger partial charge in [0.1, 0.15) is 0 Å². The zero-order valence-electron chi connectivity index (χ0n) is 30.8. The van der Waals surface area contributed by atoms with E-state index in [9.17, 15) is 18.4 Å². The summed E-state index contributed by atoms with van der Waals surface area (Å²) in [5, 5.41) is 26.1. The van der Waals surface area contributed by atoms with Crippen molar-refractivity contribution in [2.24, 2.45) is 13.0 Å². The van der Waals surface area contributed by atoms with E-state index in [-0.39, 0.29) is 42.7 Å². The Morgan fingerprint density at radius 1 is 1.02 bits per heavy atom. The highest BCUT2D eigenvalue weighted by Gasteiger charge is 2.46. The van der Waals surface area contributed by atoms with E-state index in [1.165, 1.54) is 24.0 Å². The second-order valence-corrected chi connectivity index (χ2v) is 15.2. The molecular weight excluding hydrogens is 720 g/mol. The van der Waals surface area contributed by atoms with Crippen molar-refractivity contribution in [3.63, 3.8) is 0 Å². The second kappa shape index (κ2) is 14.5. The molecule has 4 aromatic rings. The van der Waals surface area contributed by atoms with Gasteiger partial charge in [0.15, 0.2) is 17.3 Å². The number of piperidine rings is 2. The number of alkyl halides is 4. The number of halogens is 4. The summed E-state index contributed by atoms with van der Waals surface area (Å²) in [5.41, 5.74) is 3.91. The Bertz CT molecular complexity index is 2080. The topological polar surface area (TPSA) is 129 Å². The Hall–Kier alpha value is -5.06. The van der Waals surface area contributed by atoms with Crippen LogP contribution in [0.1, 0.15) is 84.4 Å². The first-order valence-corrected chi connectivity index (χ1v) is 18.9. The minimum absolute atomic E-state index is 0.0579. The van der Waals surface area contributed by atoms with Crippen molar-refractivity contribution in [3.8, 4) is 11.1 Å². The smallest absolute Gasteiger partial charge is 0.356 e. The van der Waals surface area contributed by atoms with Crippen molar-refractivity contribution in [2.45, 2.75) is 76.9 Å². The van der Waals surface area contributed by atoms with Gasteiger partial charge in [-0.3, -0.25) is 14.2 Å². The number of amides is 1. The number of hydrogen-bond acceptors (Lipinski definition) is 9. The highest BCUT2D eigenvalue weighted by atomic mass is 19.3. The number of fused-ring (bicyclic) bond motifs is 2. The number of aromatic nitrogens is 6. The van der Waals surface area contributed by atoms with Gasteiger partial charge in [-0.15, -0.1) is 10.2 Å². The minimum Gasteiger partial charge on any atom is -0.476 e. The summed E-state index contributed by atoms with van der Waals surface area (Å²) in [5.74, 6) is -0.0813. The van der Waals surface area contributed by atoms with Gasteiger partial charge in [-0.25, -0.2) is 18.5 Å². The predicted molar refractivity (Wildman–Crippen MR) is 195 cm³/mol.